The second-order valence-corrected chi connectivity index (χ2v) is 25.6. The Morgan fingerprint density at radius 2 is 0.704 bits per heavy atom. The molecule has 0 saturated carbocycles. The summed E-state index contributed by atoms with van der Waals surface area (Å²) in [5.41, 5.74) is 0. The Kier molecular flexibility index (Phi) is 60.0. The average Bonchev–Trinajstić information content (AvgIpc) is 3.43. The topological polar surface area (TPSA) is 108 Å². The number of unbranched alkanes of at least 4 members (excludes halogenated alkanes) is 37. The summed E-state index contributed by atoms with van der Waals surface area (Å²) < 4.78 is 34.6. The minimum absolute atomic E-state index is 0.0314. The summed E-state index contributed by atoms with van der Waals surface area (Å²) in [6.07, 6.45) is 83.1. The Morgan fingerprint density at radius 3 is 1.06 bits per heavy atom. The van der Waals surface area contributed by atoms with E-state index in [1.807, 2.05) is 21.1 Å². The van der Waals surface area contributed by atoms with Gasteiger partial charge in [-0.1, -0.05) is 292 Å². The van der Waals surface area contributed by atoms with Gasteiger partial charge in [-0.25, -0.2) is 4.57 Å². The van der Waals surface area contributed by atoms with Crippen LogP contribution in [0.5, 0.6) is 0 Å². The fourth-order valence-electron chi connectivity index (χ4n) is 9.75. The third kappa shape index (κ3) is 66.5. The zero-order chi connectivity index (χ0) is 59.1. The quantitative estimate of drug-likeness (QED) is 0.0211. The highest BCUT2D eigenvalue weighted by Gasteiger charge is 2.27. The summed E-state index contributed by atoms with van der Waals surface area (Å²) in [5, 5.41) is 0. The van der Waals surface area contributed by atoms with E-state index in [9.17, 15) is 19.0 Å². The van der Waals surface area contributed by atoms with Crippen LogP contribution in [0.1, 0.15) is 316 Å². The summed E-state index contributed by atoms with van der Waals surface area (Å²) in [6.45, 7) is 4.34. The smallest absolute Gasteiger partial charge is 0.462 e. The Labute approximate surface area is 501 Å². The molecule has 2 unspecified atom stereocenters. The van der Waals surface area contributed by atoms with Crippen molar-refractivity contribution in [3.63, 3.8) is 0 Å². The number of hydrogen-bond acceptors (Lipinski definition) is 7. The largest absolute Gasteiger partial charge is 0.472 e. The van der Waals surface area contributed by atoms with E-state index in [1.54, 1.807) is 0 Å². The number of rotatable bonds is 63. The normalized spacial score (nSPS) is 13.6. The molecule has 0 aromatic carbocycles. The molecule has 9 nitrogen and oxygen atoms in total. The van der Waals surface area contributed by atoms with Crippen molar-refractivity contribution in [2.75, 3.05) is 47.5 Å². The molecule has 0 aliphatic heterocycles. The second kappa shape index (κ2) is 62.0. The molecule has 0 saturated heterocycles. The molecule has 0 rings (SSSR count). The molecule has 1 N–H and O–H groups in total. The average molecular weight is 1160 g/mol. The van der Waals surface area contributed by atoms with Gasteiger partial charge in [-0.3, -0.25) is 18.6 Å². The monoisotopic (exact) mass is 1160 g/mol. The van der Waals surface area contributed by atoms with E-state index >= 15 is 0 Å². The SMILES string of the molecule is CC/C=C\C/C=C\C/C=C\C/C=C\C/C=C\CCCCCCCCCCCCCCCCCCCCCCCCCCCC(=O)OC(COC(=O)CCCCCCC/C=C\CCCCCCCCC)COP(=O)(O)OCC[N+](C)(C)C. The summed E-state index contributed by atoms with van der Waals surface area (Å²) in [4.78, 5) is 35.7. The van der Waals surface area contributed by atoms with Crippen molar-refractivity contribution in [3.8, 4) is 0 Å². The first-order valence-corrected chi connectivity index (χ1v) is 35.7. The summed E-state index contributed by atoms with van der Waals surface area (Å²) >= 11 is 0. The molecule has 10 heteroatoms. The number of carbonyl (C=O) groups excluding carboxylic acids is 2. The van der Waals surface area contributed by atoms with Gasteiger partial charge in [0.1, 0.15) is 19.8 Å². The van der Waals surface area contributed by atoms with Crippen molar-refractivity contribution in [2.45, 2.75) is 322 Å². The zero-order valence-electron chi connectivity index (χ0n) is 53.8. The van der Waals surface area contributed by atoms with Gasteiger partial charge in [0, 0.05) is 12.8 Å². The lowest BCUT2D eigenvalue weighted by Gasteiger charge is -2.24. The number of phosphoric ester groups is 1. The molecule has 0 aliphatic carbocycles. The van der Waals surface area contributed by atoms with Crippen molar-refractivity contribution < 1.29 is 42.1 Å². The molecule has 0 radical (unpaired) electrons. The molecular formula is C71H131NO8P+. The van der Waals surface area contributed by atoms with Crippen molar-refractivity contribution in [1.82, 2.24) is 0 Å². The maximum absolute atomic E-state index is 12.8. The van der Waals surface area contributed by atoms with E-state index in [0.29, 0.717) is 17.4 Å². The van der Waals surface area contributed by atoms with Crippen LogP contribution < -0.4 is 0 Å². The first-order valence-electron chi connectivity index (χ1n) is 34.2. The maximum atomic E-state index is 12.8. The maximum Gasteiger partial charge on any atom is 0.472 e. The lowest BCUT2D eigenvalue weighted by Crippen LogP contribution is -2.37. The van der Waals surface area contributed by atoms with Crippen LogP contribution in [0.2, 0.25) is 0 Å². The highest BCUT2D eigenvalue weighted by molar-refractivity contribution is 7.47. The summed E-state index contributed by atoms with van der Waals surface area (Å²) in [5.74, 6) is -0.794. The highest BCUT2D eigenvalue weighted by atomic mass is 31.2. The number of hydrogen-bond donors (Lipinski definition) is 1. The number of quaternary nitrogens is 1. The third-order valence-corrected chi connectivity index (χ3v) is 16.0. The first-order chi connectivity index (χ1) is 39.5. The van der Waals surface area contributed by atoms with E-state index < -0.39 is 26.5 Å². The van der Waals surface area contributed by atoms with Crippen LogP contribution in [0.15, 0.2) is 72.9 Å². The van der Waals surface area contributed by atoms with E-state index in [-0.39, 0.29) is 32.0 Å². The molecule has 472 valence electrons. The van der Waals surface area contributed by atoms with Gasteiger partial charge in [0.25, 0.3) is 0 Å². The highest BCUT2D eigenvalue weighted by Crippen LogP contribution is 2.43. The van der Waals surface area contributed by atoms with E-state index in [4.69, 9.17) is 18.5 Å². The fourth-order valence-corrected chi connectivity index (χ4v) is 10.5. The number of allylic oxidation sites excluding steroid dienone is 12. The van der Waals surface area contributed by atoms with Gasteiger partial charge in [-0.2, -0.15) is 0 Å². The number of phosphoric acid groups is 1. The van der Waals surface area contributed by atoms with Crippen molar-refractivity contribution >= 4 is 19.8 Å². The van der Waals surface area contributed by atoms with Gasteiger partial charge < -0.3 is 18.9 Å². The number of ether oxygens (including phenoxy) is 2. The summed E-state index contributed by atoms with van der Waals surface area (Å²) in [7, 11) is 1.48. The van der Waals surface area contributed by atoms with Gasteiger partial charge in [0.05, 0.1) is 27.7 Å². The standard InChI is InChI=1S/C71H130NO8P/c1-6-8-10-12-14-16-18-20-22-24-25-26-27-28-29-30-31-32-33-34-35-36-37-38-39-40-41-42-43-44-45-46-47-48-50-52-54-56-58-60-62-64-71(74)80-69(68-79-81(75,76)78-66-65-72(3,4)5)67-77-70(73)63-61-59-57-55-53-51-49-23-21-19-17-15-13-11-9-7-2/h8,10,14,16,20,22-23,25-26,28-29,49,69H,6-7,9,11-13,15,17-19,21,24,27,30-48,50-68H2,1-5H3/p+1/b10-8-,16-14-,22-20-,26-25-,29-28-,49-23-. The molecule has 0 bridgehead atoms. The van der Waals surface area contributed by atoms with Gasteiger partial charge in [0.2, 0.25) is 0 Å². The predicted octanol–water partition coefficient (Wildman–Crippen LogP) is 22.0. The van der Waals surface area contributed by atoms with Crippen LogP contribution in [-0.2, 0) is 32.7 Å². The molecule has 0 spiro atoms. The molecule has 0 aromatic heterocycles. The fraction of sp³-hybridized carbons (Fsp3) is 0.803. The van der Waals surface area contributed by atoms with Crippen molar-refractivity contribution in [3.05, 3.63) is 72.9 Å². The van der Waals surface area contributed by atoms with Crippen molar-refractivity contribution in [1.29, 1.82) is 0 Å². The number of likely N-dealkylation sites (N-methyl/N-ethyl adjacent to an activating group) is 1. The summed E-state index contributed by atoms with van der Waals surface area (Å²) in [6, 6.07) is 0. The molecule has 2 atom stereocenters. The Hall–Kier alpha value is -2.55. The predicted molar refractivity (Wildman–Crippen MR) is 349 cm³/mol. The third-order valence-electron chi connectivity index (χ3n) is 15.0. The minimum atomic E-state index is -4.39. The molecule has 81 heavy (non-hydrogen) atoms. The van der Waals surface area contributed by atoms with Gasteiger partial charge in [0.15, 0.2) is 6.10 Å². The van der Waals surface area contributed by atoms with Crippen LogP contribution in [-0.4, -0.2) is 74.9 Å². The van der Waals surface area contributed by atoms with Gasteiger partial charge in [-0.15, -0.1) is 0 Å². The van der Waals surface area contributed by atoms with Crippen LogP contribution in [0.4, 0.5) is 0 Å². The Balaban J connectivity index is 3.89. The van der Waals surface area contributed by atoms with Crippen molar-refractivity contribution in [2.24, 2.45) is 0 Å². The number of carbonyl (C=O) groups is 2. The zero-order valence-corrected chi connectivity index (χ0v) is 54.7. The molecule has 0 aromatic rings. The number of esters is 2. The second-order valence-electron chi connectivity index (χ2n) is 24.2. The first kappa shape index (κ1) is 78.5. The lowest BCUT2D eigenvalue weighted by atomic mass is 10.0. The Bertz CT molecular complexity index is 1600. The lowest BCUT2D eigenvalue weighted by molar-refractivity contribution is -0.870. The Morgan fingerprint density at radius 1 is 0.395 bits per heavy atom. The molecule has 0 aliphatic rings. The van der Waals surface area contributed by atoms with Gasteiger partial charge in [-0.05, 0) is 83.5 Å². The molecular weight excluding hydrogens is 1030 g/mol. The van der Waals surface area contributed by atoms with Crippen LogP contribution in [0.3, 0.4) is 0 Å². The van der Waals surface area contributed by atoms with Gasteiger partial charge >= 0.3 is 19.8 Å². The van der Waals surface area contributed by atoms with Crippen LogP contribution >= 0.6 is 7.82 Å². The van der Waals surface area contributed by atoms with E-state index in [2.05, 4.69) is 86.8 Å². The number of nitrogens with zero attached hydrogens (tertiary/aromatic N) is 1. The van der Waals surface area contributed by atoms with Crippen LogP contribution in [0.25, 0.3) is 0 Å². The minimum Gasteiger partial charge on any atom is -0.462 e. The van der Waals surface area contributed by atoms with E-state index in [1.165, 1.54) is 199 Å². The van der Waals surface area contributed by atoms with E-state index in [0.717, 1.165) is 83.5 Å². The molecule has 0 fully saturated rings. The molecule has 0 heterocycles. The molecule has 0 amide bonds. The van der Waals surface area contributed by atoms with Crippen LogP contribution in [0, 0.1) is 0 Å².